The summed E-state index contributed by atoms with van der Waals surface area (Å²) in [7, 11) is 0. The zero-order chi connectivity index (χ0) is 19.6. The first-order valence-corrected chi connectivity index (χ1v) is 10.7. The minimum atomic E-state index is -0.210. The van der Waals surface area contributed by atoms with Crippen molar-refractivity contribution in [1.29, 1.82) is 0 Å². The van der Waals surface area contributed by atoms with E-state index in [1.807, 2.05) is 12.1 Å². The molecule has 1 aromatic heterocycles. The molecular formula is C23H27FN5+. The number of tetrazole rings is 1. The molecule has 1 fully saturated rings. The van der Waals surface area contributed by atoms with Crippen LogP contribution in [0.4, 0.5) is 4.39 Å². The van der Waals surface area contributed by atoms with Crippen molar-refractivity contribution in [3.63, 3.8) is 0 Å². The first kappa shape index (κ1) is 18.4. The highest BCUT2D eigenvalue weighted by Gasteiger charge is 2.35. The van der Waals surface area contributed by atoms with Crippen LogP contribution in [0.2, 0.25) is 0 Å². The van der Waals surface area contributed by atoms with Crippen molar-refractivity contribution in [2.75, 3.05) is 6.54 Å². The summed E-state index contributed by atoms with van der Waals surface area (Å²) < 4.78 is 15.7. The van der Waals surface area contributed by atoms with E-state index in [0.29, 0.717) is 6.04 Å². The molecule has 0 spiro atoms. The Balaban J connectivity index is 1.54. The van der Waals surface area contributed by atoms with E-state index >= 15 is 0 Å². The number of nitrogens with zero attached hydrogens (tertiary/aromatic N) is 4. The Hall–Kier alpha value is -2.60. The first-order valence-electron chi connectivity index (χ1n) is 10.7. The Morgan fingerprint density at radius 1 is 0.966 bits per heavy atom. The zero-order valence-corrected chi connectivity index (χ0v) is 16.6. The van der Waals surface area contributed by atoms with E-state index in [-0.39, 0.29) is 11.9 Å². The quantitative estimate of drug-likeness (QED) is 0.742. The summed E-state index contributed by atoms with van der Waals surface area (Å²) in [4.78, 5) is 1.42. The highest BCUT2D eigenvalue weighted by Crippen LogP contribution is 2.30. The van der Waals surface area contributed by atoms with Gasteiger partial charge < -0.3 is 4.90 Å². The molecule has 2 aromatic carbocycles. The molecule has 2 aliphatic rings. The number of nitrogens with one attached hydrogen (secondary N) is 1. The molecule has 1 aliphatic carbocycles. The third kappa shape index (κ3) is 3.69. The van der Waals surface area contributed by atoms with Crippen LogP contribution >= 0.6 is 0 Å². The fourth-order valence-electron chi connectivity index (χ4n) is 5.05. The Morgan fingerprint density at radius 3 is 2.52 bits per heavy atom. The molecule has 1 aliphatic heterocycles. The number of halogens is 1. The van der Waals surface area contributed by atoms with Gasteiger partial charge in [-0.1, -0.05) is 43.5 Å². The molecule has 150 valence electrons. The average molecular weight is 393 g/mol. The summed E-state index contributed by atoms with van der Waals surface area (Å²) in [6.45, 7) is 1.94. The van der Waals surface area contributed by atoms with Crippen LogP contribution in [-0.4, -0.2) is 26.8 Å². The third-order valence-electron chi connectivity index (χ3n) is 6.56. The van der Waals surface area contributed by atoms with Crippen LogP contribution in [0.3, 0.4) is 0 Å². The largest absolute Gasteiger partial charge is 0.318 e. The minimum Gasteiger partial charge on any atom is -0.318 e. The molecule has 6 heteroatoms. The van der Waals surface area contributed by atoms with E-state index in [1.165, 1.54) is 35.3 Å². The van der Waals surface area contributed by atoms with E-state index in [0.717, 1.165) is 43.7 Å². The summed E-state index contributed by atoms with van der Waals surface area (Å²) >= 11 is 0. The lowest BCUT2D eigenvalue weighted by Crippen LogP contribution is -3.12. The van der Waals surface area contributed by atoms with Gasteiger partial charge in [-0.25, -0.2) is 9.07 Å². The first-order chi connectivity index (χ1) is 14.3. The second-order valence-corrected chi connectivity index (χ2v) is 8.36. The van der Waals surface area contributed by atoms with Crippen molar-refractivity contribution in [2.45, 2.75) is 57.2 Å². The summed E-state index contributed by atoms with van der Waals surface area (Å²) in [6, 6.07) is 15.9. The highest BCUT2D eigenvalue weighted by molar-refractivity contribution is 5.28. The molecule has 2 atom stereocenters. The Bertz CT molecular complexity index is 961. The van der Waals surface area contributed by atoms with E-state index in [9.17, 15) is 4.39 Å². The molecule has 0 bridgehead atoms. The molecule has 1 unspecified atom stereocenters. The summed E-state index contributed by atoms with van der Waals surface area (Å²) in [5.41, 5.74) is 3.89. The number of quaternary nitrogens is 1. The predicted molar refractivity (Wildman–Crippen MR) is 108 cm³/mol. The molecular weight excluding hydrogens is 365 g/mol. The highest BCUT2D eigenvalue weighted by atomic mass is 19.1. The van der Waals surface area contributed by atoms with Gasteiger partial charge in [0, 0.05) is 17.5 Å². The smallest absolute Gasteiger partial charge is 0.214 e. The van der Waals surface area contributed by atoms with Crippen LogP contribution in [0, 0.1) is 5.82 Å². The average Bonchev–Trinajstić information content (AvgIpc) is 3.25. The Morgan fingerprint density at radius 2 is 1.72 bits per heavy atom. The summed E-state index contributed by atoms with van der Waals surface area (Å²) in [5.74, 6) is 0.705. The molecule has 5 nitrogen and oxygen atoms in total. The molecule has 1 N–H and O–H groups in total. The minimum absolute atomic E-state index is 0.000817. The molecule has 5 rings (SSSR count). The van der Waals surface area contributed by atoms with Crippen LogP contribution in [-0.2, 0) is 13.0 Å². The molecule has 29 heavy (non-hydrogen) atoms. The molecule has 0 saturated heterocycles. The number of aromatic nitrogens is 4. The van der Waals surface area contributed by atoms with Gasteiger partial charge in [-0.05, 0) is 53.1 Å². The molecule has 3 aromatic rings. The maximum atomic E-state index is 13.6. The number of hydrogen-bond donors (Lipinski definition) is 1. The van der Waals surface area contributed by atoms with Gasteiger partial charge in [0.2, 0.25) is 5.82 Å². The van der Waals surface area contributed by atoms with Gasteiger partial charge in [-0.2, -0.15) is 0 Å². The van der Waals surface area contributed by atoms with Gasteiger partial charge in [-0.3, -0.25) is 0 Å². The second-order valence-electron chi connectivity index (χ2n) is 8.36. The molecule has 2 heterocycles. The van der Waals surface area contributed by atoms with Crippen LogP contribution in [0.1, 0.15) is 66.7 Å². The predicted octanol–water partition coefficient (Wildman–Crippen LogP) is 3.05. The Labute approximate surface area is 170 Å². The zero-order valence-electron chi connectivity index (χ0n) is 16.6. The molecule has 1 saturated carbocycles. The number of fused-ring (bicyclic) bond motifs is 1. The Kier molecular flexibility index (Phi) is 5.10. The summed E-state index contributed by atoms with van der Waals surface area (Å²) in [5, 5.41) is 13.0. The second kappa shape index (κ2) is 8.03. The van der Waals surface area contributed by atoms with E-state index in [4.69, 9.17) is 0 Å². The van der Waals surface area contributed by atoms with E-state index < -0.39 is 0 Å². The van der Waals surface area contributed by atoms with Gasteiger partial charge in [0.15, 0.2) is 6.04 Å². The van der Waals surface area contributed by atoms with E-state index in [1.54, 1.807) is 12.1 Å². The lowest BCUT2D eigenvalue weighted by Gasteiger charge is -2.33. The monoisotopic (exact) mass is 392 g/mol. The van der Waals surface area contributed by atoms with Crippen molar-refractivity contribution in [3.05, 3.63) is 76.9 Å². The lowest BCUT2D eigenvalue weighted by atomic mass is 9.94. The maximum absolute atomic E-state index is 13.6. The van der Waals surface area contributed by atoms with Crippen LogP contribution in [0.25, 0.3) is 0 Å². The fraction of sp³-hybridized carbons (Fsp3) is 0.435. The standard InChI is InChI=1S/C23H26FN5/c24-20-12-10-18(11-13-20)22(28-15-14-17-6-4-5-7-19(17)16-28)23-25-26-27-29(23)21-8-2-1-3-9-21/h4-7,10-13,21-22H,1-3,8-9,14-16H2/p+1/t22-/m1/s1. The number of hydrogen-bond acceptors (Lipinski definition) is 3. The topological polar surface area (TPSA) is 48.0 Å². The maximum Gasteiger partial charge on any atom is 0.214 e. The molecule has 0 amide bonds. The van der Waals surface area contributed by atoms with E-state index in [2.05, 4.69) is 44.5 Å². The van der Waals surface area contributed by atoms with Gasteiger partial charge in [0.05, 0.1) is 12.6 Å². The van der Waals surface area contributed by atoms with Crippen molar-refractivity contribution in [3.8, 4) is 0 Å². The number of benzene rings is 2. The van der Waals surface area contributed by atoms with Crippen LogP contribution < -0.4 is 4.90 Å². The summed E-state index contributed by atoms with van der Waals surface area (Å²) in [6.07, 6.45) is 7.06. The van der Waals surface area contributed by atoms with Gasteiger partial charge in [0.25, 0.3) is 0 Å². The van der Waals surface area contributed by atoms with Gasteiger partial charge >= 0.3 is 0 Å². The van der Waals surface area contributed by atoms with Crippen LogP contribution in [0.5, 0.6) is 0 Å². The molecule has 0 radical (unpaired) electrons. The fourth-order valence-corrected chi connectivity index (χ4v) is 5.05. The number of rotatable bonds is 4. The van der Waals surface area contributed by atoms with Crippen molar-refractivity contribution in [1.82, 2.24) is 20.2 Å². The normalized spacial score (nSPS) is 20.9. The van der Waals surface area contributed by atoms with Gasteiger partial charge in [-0.15, -0.1) is 5.10 Å². The lowest BCUT2D eigenvalue weighted by molar-refractivity contribution is -0.941. The SMILES string of the molecule is Fc1ccc([C@H](c2nnnn2C2CCCCC2)[NH+]2CCc3ccccc3C2)cc1. The van der Waals surface area contributed by atoms with Crippen molar-refractivity contribution in [2.24, 2.45) is 0 Å². The van der Waals surface area contributed by atoms with Crippen molar-refractivity contribution >= 4 is 0 Å². The third-order valence-corrected chi connectivity index (χ3v) is 6.56. The van der Waals surface area contributed by atoms with Crippen LogP contribution in [0.15, 0.2) is 48.5 Å². The van der Waals surface area contributed by atoms with Gasteiger partial charge in [0.1, 0.15) is 12.4 Å². The van der Waals surface area contributed by atoms with Crippen molar-refractivity contribution < 1.29 is 9.29 Å².